The molecule has 0 bridgehead atoms. The maximum Gasteiger partial charge on any atom is 0.0340 e. The van der Waals surface area contributed by atoms with Gasteiger partial charge in [0.1, 0.15) is 0 Å². The van der Waals surface area contributed by atoms with E-state index in [1.54, 1.807) is 0 Å². The molecular formula is C16H27NS. The van der Waals surface area contributed by atoms with E-state index < -0.39 is 0 Å². The Morgan fingerprint density at radius 3 is 2.17 bits per heavy atom. The third-order valence-corrected chi connectivity index (χ3v) is 4.45. The molecule has 0 unspecified atom stereocenters. The first kappa shape index (κ1) is 15.4. The topological polar surface area (TPSA) is 12.0 Å². The molecule has 1 rings (SSSR count). The van der Waals surface area contributed by atoms with Crippen LogP contribution in [0.25, 0.3) is 0 Å². The Labute approximate surface area is 117 Å². The van der Waals surface area contributed by atoms with E-state index >= 15 is 0 Å². The Bertz CT molecular complexity index is 314. The largest absolute Gasteiger partial charge is 0.385 e. The minimum atomic E-state index is 0.706. The molecule has 1 aromatic carbocycles. The van der Waals surface area contributed by atoms with E-state index in [2.05, 4.69) is 57.3 Å². The average molecular weight is 265 g/mol. The number of anilines is 1. The molecule has 0 aliphatic rings. The molecule has 1 N–H and O–H groups in total. The van der Waals surface area contributed by atoms with Gasteiger partial charge in [0, 0.05) is 18.0 Å². The van der Waals surface area contributed by atoms with Gasteiger partial charge < -0.3 is 5.32 Å². The number of benzene rings is 1. The van der Waals surface area contributed by atoms with Gasteiger partial charge in [-0.1, -0.05) is 52.7 Å². The first-order valence-corrected chi connectivity index (χ1v) is 8.15. The molecule has 1 aromatic rings. The smallest absolute Gasteiger partial charge is 0.0340 e. The van der Waals surface area contributed by atoms with Crippen LogP contribution in [0.5, 0.6) is 0 Å². The summed E-state index contributed by atoms with van der Waals surface area (Å²) < 4.78 is 0. The lowest BCUT2D eigenvalue weighted by molar-refractivity contribution is 0.519. The number of rotatable bonds is 8. The summed E-state index contributed by atoms with van der Waals surface area (Å²) in [6.07, 6.45) is 2.51. The fourth-order valence-electron chi connectivity index (χ4n) is 1.82. The van der Waals surface area contributed by atoms with Crippen molar-refractivity contribution < 1.29 is 0 Å². The molecule has 0 amide bonds. The highest BCUT2D eigenvalue weighted by atomic mass is 32.2. The van der Waals surface area contributed by atoms with Crippen molar-refractivity contribution in [1.82, 2.24) is 0 Å². The molecule has 0 heterocycles. The zero-order valence-electron chi connectivity index (χ0n) is 12.2. The van der Waals surface area contributed by atoms with Crippen LogP contribution in [-0.4, -0.2) is 11.8 Å². The van der Waals surface area contributed by atoms with E-state index in [4.69, 9.17) is 0 Å². The predicted molar refractivity (Wildman–Crippen MR) is 85.4 cm³/mol. The van der Waals surface area contributed by atoms with Gasteiger partial charge in [0.05, 0.1) is 0 Å². The summed E-state index contributed by atoms with van der Waals surface area (Å²) in [5.74, 6) is 1.91. The van der Waals surface area contributed by atoms with Gasteiger partial charge in [-0.3, -0.25) is 0 Å². The summed E-state index contributed by atoms with van der Waals surface area (Å²) in [6.45, 7) is 10.1. The summed E-state index contributed by atoms with van der Waals surface area (Å²) >= 11 is 2.00. The highest BCUT2D eigenvalue weighted by molar-refractivity contribution is 7.99. The second kappa shape index (κ2) is 8.47. The van der Waals surface area contributed by atoms with Crippen LogP contribution in [0.1, 0.15) is 46.1 Å². The molecule has 0 fully saturated rings. The maximum atomic E-state index is 3.53. The molecule has 1 nitrogen and oxygen atoms in total. The summed E-state index contributed by atoms with van der Waals surface area (Å²) in [4.78, 5) is 0. The van der Waals surface area contributed by atoms with Gasteiger partial charge in [0.15, 0.2) is 0 Å². The van der Waals surface area contributed by atoms with E-state index in [1.807, 2.05) is 11.8 Å². The lowest BCUT2D eigenvalue weighted by atomic mass is 10.0. The number of hydrogen-bond donors (Lipinski definition) is 1. The standard InChI is InChI=1S/C16H27NS/c1-5-14(6-2)11-17-16-9-7-15(8-10-16)12-18-13(3)4/h7-10,13-14,17H,5-6,11-12H2,1-4H3. The molecule has 0 spiro atoms. The molecule has 0 aromatic heterocycles. The van der Waals surface area contributed by atoms with Gasteiger partial charge in [-0.05, 0) is 28.9 Å². The van der Waals surface area contributed by atoms with Crippen LogP contribution in [0.15, 0.2) is 24.3 Å². The van der Waals surface area contributed by atoms with Crippen LogP contribution in [0.4, 0.5) is 5.69 Å². The number of hydrogen-bond acceptors (Lipinski definition) is 2. The minimum Gasteiger partial charge on any atom is -0.385 e. The highest BCUT2D eigenvalue weighted by Crippen LogP contribution is 2.19. The SMILES string of the molecule is CCC(CC)CNc1ccc(CSC(C)C)cc1. The molecule has 0 saturated carbocycles. The molecular weight excluding hydrogens is 238 g/mol. The Balaban J connectivity index is 2.40. The van der Waals surface area contributed by atoms with Gasteiger partial charge in [-0.15, -0.1) is 0 Å². The first-order chi connectivity index (χ1) is 8.65. The van der Waals surface area contributed by atoms with E-state index in [-0.39, 0.29) is 0 Å². The maximum absolute atomic E-state index is 3.53. The van der Waals surface area contributed by atoms with Crippen molar-refractivity contribution in [3.8, 4) is 0 Å². The van der Waals surface area contributed by atoms with Crippen LogP contribution >= 0.6 is 11.8 Å². The highest BCUT2D eigenvalue weighted by Gasteiger charge is 2.03. The molecule has 102 valence electrons. The van der Waals surface area contributed by atoms with Crippen LogP contribution in [0.2, 0.25) is 0 Å². The van der Waals surface area contributed by atoms with Crippen molar-refractivity contribution in [3.63, 3.8) is 0 Å². The fourth-order valence-corrected chi connectivity index (χ4v) is 2.54. The predicted octanol–water partition coefficient (Wildman–Crippen LogP) is 5.18. The fraction of sp³-hybridized carbons (Fsp3) is 0.625. The summed E-state index contributed by atoms with van der Waals surface area (Å²) in [7, 11) is 0. The van der Waals surface area contributed by atoms with Gasteiger partial charge in [0.2, 0.25) is 0 Å². The number of thioether (sulfide) groups is 1. The van der Waals surface area contributed by atoms with Gasteiger partial charge in [0.25, 0.3) is 0 Å². The monoisotopic (exact) mass is 265 g/mol. The molecule has 0 aliphatic carbocycles. The molecule has 2 heteroatoms. The summed E-state index contributed by atoms with van der Waals surface area (Å²) in [5, 5.41) is 4.24. The minimum absolute atomic E-state index is 0.706. The van der Waals surface area contributed by atoms with E-state index in [1.165, 1.54) is 24.1 Å². The third kappa shape index (κ3) is 5.81. The van der Waals surface area contributed by atoms with Crippen molar-refractivity contribution >= 4 is 17.4 Å². The van der Waals surface area contributed by atoms with Crippen molar-refractivity contribution in [3.05, 3.63) is 29.8 Å². The molecule has 0 saturated heterocycles. The van der Waals surface area contributed by atoms with Crippen molar-refractivity contribution in [2.75, 3.05) is 11.9 Å². The molecule has 0 radical (unpaired) electrons. The Morgan fingerprint density at radius 2 is 1.67 bits per heavy atom. The normalized spacial score (nSPS) is 11.2. The van der Waals surface area contributed by atoms with Crippen molar-refractivity contribution in [2.24, 2.45) is 5.92 Å². The van der Waals surface area contributed by atoms with Crippen LogP contribution in [-0.2, 0) is 5.75 Å². The Hall–Kier alpha value is -0.630. The van der Waals surface area contributed by atoms with E-state index in [0.29, 0.717) is 5.25 Å². The first-order valence-electron chi connectivity index (χ1n) is 7.10. The molecule has 0 aliphatic heterocycles. The quantitative estimate of drug-likeness (QED) is 0.695. The van der Waals surface area contributed by atoms with Crippen molar-refractivity contribution in [2.45, 2.75) is 51.5 Å². The second-order valence-electron chi connectivity index (χ2n) is 5.12. The van der Waals surface area contributed by atoms with Crippen LogP contribution in [0, 0.1) is 5.92 Å². The van der Waals surface area contributed by atoms with Gasteiger partial charge in [-0.2, -0.15) is 11.8 Å². The molecule has 0 atom stereocenters. The summed E-state index contributed by atoms with van der Waals surface area (Å²) in [6, 6.07) is 8.90. The Kier molecular flexibility index (Phi) is 7.26. The Morgan fingerprint density at radius 1 is 1.06 bits per heavy atom. The van der Waals surface area contributed by atoms with Crippen LogP contribution in [0.3, 0.4) is 0 Å². The molecule has 18 heavy (non-hydrogen) atoms. The van der Waals surface area contributed by atoms with Crippen LogP contribution < -0.4 is 5.32 Å². The zero-order chi connectivity index (χ0) is 13.4. The lowest BCUT2D eigenvalue weighted by Crippen LogP contribution is -2.12. The van der Waals surface area contributed by atoms with Gasteiger partial charge >= 0.3 is 0 Å². The summed E-state index contributed by atoms with van der Waals surface area (Å²) in [5.41, 5.74) is 2.67. The zero-order valence-corrected chi connectivity index (χ0v) is 13.0. The van der Waals surface area contributed by atoms with Crippen molar-refractivity contribution in [1.29, 1.82) is 0 Å². The average Bonchev–Trinajstić information content (AvgIpc) is 2.39. The number of nitrogens with one attached hydrogen (secondary N) is 1. The van der Waals surface area contributed by atoms with E-state index in [9.17, 15) is 0 Å². The van der Waals surface area contributed by atoms with E-state index in [0.717, 1.165) is 18.2 Å². The second-order valence-corrected chi connectivity index (χ2v) is 6.68. The van der Waals surface area contributed by atoms with Gasteiger partial charge in [-0.25, -0.2) is 0 Å². The third-order valence-electron chi connectivity index (χ3n) is 3.29. The lowest BCUT2D eigenvalue weighted by Gasteiger charge is -2.14.